The zero-order valence-corrected chi connectivity index (χ0v) is 15.5. The zero-order valence-electron chi connectivity index (χ0n) is 15.5. The third-order valence-electron chi connectivity index (χ3n) is 4.90. The summed E-state index contributed by atoms with van der Waals surface area (Å²) < 4.78 is 0. The molecule has 2 heterocycles. The van der Waals surface area contributed by atoms with Gasteiger partial charge < -0.3 is 10.3 Å². The maximum absolute atomic E-state index is 4.19. The summed E-state index contributed by atoms with van der Waals surface area (Å²) in [6, 6.07) is 19.0. The van der Waals surface area contributed by atoms with Crippen LogP contribution in [-0.2, 0) is 6.42 Å². The van der Waals surface area contributed by atoms with E-state index in [9.17, 15) is 0 Å². The first-order valence-electron chi connectivity index (χ1n) is 9.21. The van der Waals surface area contributed by atoms with E-state index in [-0.39, 0.29) is 0 Å². The van der Waals surface area contributed by atoms with Gasteiger partial charge >= 0.3 is 0 Å². The first-order valence-corrected chi connectivity index (χ1v) is 9.21. The van der Waals surface area contributed by atoms with Crippen LogP contribution in [0.2, 0.25) is 0 Å². The van der Waals surface area contributed by atoms with Crippen LogP contribution in [0.5, 0.6) is 0 Å². The lowest BCUT2D eigenvalue weighted by Gasteiger charge is -2.10. The zero-order chi connectivity index (χ0) is 18.6. The fourth-order valence-electron chi connectivity index (χ4n) is 3.36. The van der Waals surface area contributed by atoms with Gasteiger partial charge in [-0.25, -0.2) is 0 Å². The van der Waals surface area contributed by atoms with Crippen LogP contribution >= 0.6 is 0 Å². The maximum atomic E-state index is 4.19. The number of nitrogens with zero attached hydrogens (tertiary/aromatic N) is 1. The molecule has 2 N–H and O–H groups in total. The van der Waals surface area contributed by atoms with Crippen LogP contribution in [0.15, 0.2) is 79.8 Å². The Balaban J connectivity index is 1.38. The van der Waals surface area contributed by atoms with Gasteiger partial charge in [0, 0.05) is 41.7 Å². The van der Waals surface area contributed by atoms with Crippen molar-refractivity contribution in [2.75, 3.05) is 6.54 Å². The second-order valence-electron chi connectivity index (χ2n) is 6.83. The van der Waals surface area contributed by atoms with E-state index < -0.39 is 0 Å². The summed E-state index contributed by atoms with van der Waals surface area (Å²) in [6.45, 7) is 7.18. The van der Waals surface area contributed by atoms with E-state index in [0.717, 1.165) is 24.2 Å². The number of benzene rings is 2. The molecule has 27 heavy (non-hydrogen) atoms. The van der Waals surface area contributed by atoms with E-state index in [1.54, 1.807) is 0 Å². The van der Waals surface area contributed by atoms with E-state index in [4.69, 9.17) is 0 Å². The molecule has 0 aliphatic carbocycles. The van der Waals surface area contributed by atoms with Crippen molar-refractivity contribution >= 4 is 16.6 Å². The van der Waals surface area contributed by atoms with Gasteiger partial charge in [-0.05, 0) is 59.9 Å². The number of pyridine rings is 1. The minimum Gasteiger partial charge on any atom is -0.385 e. The average molecular weight is 353 g/mol. The van der Waals surface area contributed by atoms with Crippen molar-refractivity contribution in [3.63, 3.8) is 0 Å². The minimum absolute atomic E-state index is 0.853. The molecule has 0 aliphatic rings. The Hall–Kier alpha value is -3.33. The van der Waals surface area contributed by atoms with Crippen LogP contribution in [0.3, 0.4) is 0 Å². The summed E-state index contributed by atoms with van der Waals surface area (Å²) in [5, 5.41) is 4.77. The van der Waals surface area contributed by atoms with Crippen molar-refractivity contribution in [3.05, 3.63) is 96.5 Å². The van der Waals surface area contributed by atoms with Gasteiger partial charge in [0.15, 0.2) is 0 Å². The molecule has 0 unspecified atom stereocenters. The second-order valence-corrected chi connectivity index (χ2v) is 6.83. The van der Waals surface area contributed by atoms with Gasteiger partial charge in [0.2, 0.25) is 0 Å². The number of rotatable bonds is 6. The molecule has 0 saturated carbocycles. The standard InChI is InChI=1S/C24H23N3/c1-17-3-8-24-23(15-17)22(16-27-24)11-14-26-18(2)19-4-6-20(7-5-19)21-9-12-25-13-10-21/h3-10,12-13,15-16,26-27H,2,11,14H2,1H3. The number of aryl methyl sites for hydroxylation is 1. The first kappa shape index (κ1) is 17.1. The number of aromatic amines is 1. The molecule has 2 aromatic carbocycles. The van der Waals surface area contributed by atoms with Gasteiger partial charge in [-0.1, -0.05) is 42.5 Å². The van der Waals surface area contributed by atoms with Gasteiger partial charge in [0.1, 0.15) is 0 Å². The maximum Gasteiger partial charge on any atom is 0.0456 e. The van der Waals surface area contributed by atoms with Gasteiger partial charge in [0.05, 0.1) is 0 Å². The summed E-state index contributed by atoms with van der Waals surface area (Å²) in [4.78, 5) is 7.42. The molecular formula is C24H23N3. The predicted octanol–water partition coefficient (Wildman–Crippen LogP) is 5.34. The summed E-state index contributed by atoms with van der Waals surface area (Å²) in [6.07, 6.45) is 6.70. The second kappa shape index (κ2) is 7.50. The van der Waals surface area contributed by atoms with Crippen LogP contribution in [0, 0.1) is 6.92 Å². The Morgan fingerprint density at radius 2 is 1.74 bits per heavy atom. The Morgan fingerprint density at radius 3 is 2.52 bits per heavy atom. The van der Waals surface area contributed by atoms with Gasteiger partial charge in [0.25, 0.3) is 0 Å². The van der Waals surface area contributed by atoms with Crippen molar-refractivity contribution < 1.29 is 0 Å². The molecule has 0 saturated heterocycles. The van der Waals surface area contributed by atoms with E-state index in [2.05, 4.69) is 77.4 Å². The monoisotopic (exact) mass is 353 g/mol. The van der Waals surface area contributed by atoms with Crippen molar-refractivity contribution in [2.24, 2.45) is 0 Å². The highest BCUT2D eigenvalue weighted by Gasteiger charge is 2.05. The van der Waals surface area contributed by atoms with E-state index in [1.165, 1.54) is 33.2 Å². The lowest BCUT2D eigenvalue weighted by Crippen LogP contribution is -2.14. The molecule has 2 aromatic heterocycles. The largest absolute Gasteiger partial charge is 0.385 e. The third-order valence-corrected chi connectivity index (χ3v) is 4.90. The van der Waals surface area contributed by atoms with Gasteiger partial charge in [-0.3, -0.25) is 4.98 Å². The number of nitrogens with one attached hydrogen (secondary N) is 2. The Bertz CT molecular complexity index is 1060. The number of hydrogen-bond donors (Lipinski definition) is 2. The smallest absolute Gasteiger partial charge is 0.0456 e. The molecule has 3 heteroatoms. The highest BCUT2D eigenvalue weighted by atomic mass is 14.9. The predicted molar refractivity (Wildman–Crippen MR) is 113 cm³/mol. The van der Waals surface area contributed by atoms with Gasteiger partial charge in [-0.15, -0.1) is 0 Å². The topological polar surface area (TPSA) is 40.7 Å². The highest BCUT2D eigenvalue weighted by molar-refractivity contribution is 5.83. The molecular weight excluding hydrogens is 330 g/mol. The molecule has 0 bridgehead atoms. The molecule has 0 fully saturated rings. The molecule has 4 rings (SSSR count). The number of aromatic nitrogens is 2. The van der Waals surface area contributed by atoms with E-state index in [0.29, 0.717) is 0 Å². The SMILES string of the molecule is C=C(NCCc1c[nH]c2ccc(C)cc12)c1ccc(-c2ccncc2)cc1. The molecule has 0 aliphatic heterocycles. The number of hydrogen-bond acceptors (Lipinski definition) is 2. The number of H-pyrrole nitrogens is 1. The summed E-state index contributed by atoms with van der Waals surface area (Å²) in [7, 11) is 0. The lowest BCUT2D eigenvalue weighted by atomic mass is 10.0. The normalized spacial score (nSPS) is 10.9. The highest BCUT2D eigenvalue weighted by Crippen LogP contribution is 2.22. The van der Waals surface area contributed by atoms with Crippen LogP contribution < -0.4 is 5.32 Å². The third kappa shape index (κ3) is 3.77. The van der Waals surface area contributed by atoms with Crippen molar-refractivity contribution in [1.82, 2.24) is 15.3 Å². The van der Waals surface area contributed by atoms with Crippen molar-refractivity contribution in [1.29, 1.82) is 0 Å². The summed E-state index contributed by atoms with van der Waals surface area (Å²) >= 11 is 0. The van der Waals surface area contributed by atoms with Crippen molar-refractivity contribution in [3.8, 4) is 11.1 Å². The fourth-order valence-corrected chi connectivity index (χ4v) is 3.36. The van der Waals surface area contributed by atoms with Crippen LogP contribution in [0.4, 0.5) is 0 Å². The van der Waals surface area contributed by atoms with Gasteiger partial charge in [-0.2, -0.15) is 0 Å². The molecule has 4 aromatic rings. The lowest BCUT2D eigenvalue weighted by molar-refractivity contribution is 0.853. The van der Waals surface area contributed by atoms with Crippen LogP contribution in [-0.4, -0.2) is 16.5 Å². The molecule has 3 nitrogen and oxygen atoms in total. The molecule has 0 atom stereocenters. The van der Waals surface area contributed by atoms with Crippen LogP contribution in [0.1, 0.15) is 16.7 Å². The molecule has 134 valence electrons. The molecule has 0 radical (unpaired) electrons. The summed E-state index contributed by atoms with van der Waals surface area (Å²) in [5.74, 6) is 0. The minimum atomic E-state index is 0.853. The summed E-state index contributed by atoms with van der Waals surface area (Å²) in [5.41, 5.74) is 8.24. The Morgan fingerprint density at radius 1 is 1.00 bits per heavy atom. The van der Waals surface area contributed by atoms with E-state index in [1.807, 2.05) is 24.5 Å². The quantitative estimate of drug-likeness (QED) is 0.491. The van der Waals surface area contributed by atoms with Crippen LogP contribution in [0.25, 0.3) is 27.7 Å². The van der Waals surface area contributed by atoms with E-state index >= 15 is 0 Å². The average Bonchev–Trinajstić information content (AvgIpc) is 3.11. The fraction of sp³-hybridized carbons (Fsp3) is 0.125. The Labute approximate surface area is 159 Å². The molecule has 0 amide bonds. The van der Waals surface area contributed by atoms with Crippen molar-refractivity contribution in [2.45, 2.75) is 13.3 Å². The Kier molecular flexibility index (Phi) is 4.75. The number of fused-ring (bicyclic) bond motifs is 1. The first-order chi connectivity index (χ1) is 13.2. The molecule has 0 spiro atoms.